The van der Waals surface area contributed by atoms with Gasteiger partial charge in [-0.05, 0) is 30.7 Å². The number of thiocarbonyl (C=S) groups is 1. The van der Waals surface area contributed by atoms with Crippen LogP contribution >= 0.6 is 24.0 Å². The molecule has 1 aliphatic heterocycles. The smallest absolute Gasteiger partial charge is 0.119 e. The lowest BCUT2D eigenvalue weighted by atomic mass is 10.2. The number of rotatable bonds is 6. The van der Waals surface area contributed by atoms with Gasteiger partial charge in [-0.1, -0.05) is 19.1 Å². The fourth-order valence-electron chi connectivity index (χ4n) is 2.29. The number of benzene rings is 1. The first kappa shape index (κ1) is 15.6. The average Bonchev–Trinajstić information content (AvgIpc) is 2.44. The third-order valence-corrected chi connectivity index (χ3v) is 4.72. The van der Waals surface area contributed by atoms with Crippen molar-refractivity contribution < 1.29 is 4.74 Å². The van der Waals surface area contributed by atoms with Crippen LogP contribution < -0.4 is 10.5 Å². The average molecular weight is 310 g/mol. The monoisotopic (exact) mass is 310 g/mol. The molecule has 1 saturated heterocycles. The molecule has 0 saturated carbocycles. The van der Waals surface area contributed by atoms with Gasteiger partial charge in [-0.15, -0.1) is 0 Å². The van der Waals surface area contributed by atoms with Crippen LogP contribution in [0.25, 0.3) is 0 Å². The lowest BCUT2D eigenvalue weighted by Gasteiger charge is -2.30. The Hall–Kier alpha value is -0.780. The summed E-state index contributed by atoms with van der Waals surface area (Å²) in [6.45, 7) is 6.59. The van der Waals surface area contributed by atoms with Crippen LogP contribution in [-0.4, -0.2) is 47.1 Å². The summed E-state index contributed by atoms with van der Waals surface area (Å²) in [4.78, 5) is 2.95. The Labute approximate surface area is 130 Å². The molecular formula is C15H22N2OS2. The molecular weight excluding hydrogens is 288 g/mol. The molecule has 0 aliphatic carbocycles. The zero-order chi connectivity index (χ0) is 14.4. The predicted octanol–water partition coefficient (Wildman–Crippen LogP) is 2.53. The first-order chi connectivity index (χ1) is 9.65. The summed E-state index contributed by atoms with van der Waals surface area (Å²) >= 11 is 6.99. The van der Waals surface area contributed by atoms with E-state index < -0.39 is 0 Å². The maximum atomic E-state index is 5.74. The fraction of sp³-hybridized carbons (Fsp3) is 0.533. The van der Waals surface area contributed by atoms with Gasteiger partial charge in [0.1, 0.15) is 10.7 Å². The molecule has 0 amide bonds. The molecule has 2 N–H and O–H groups in total. The Kier molecular flexibility index (Phi) is 6.13. The summed E-state index contributed by atoms with van der Waals surface area (Å²) in [6, 6.07) is 7.66. The van der Waals surface area contributed by atoms with Gasteiger partial charge in [0.15, 0.2) is 0 Å². The van der Waals surface area contributed by atoms with Crippen LogP contribution in [0.4, 0.5) is 0 Å². The van der Waals surface area contributed by atoms with Crippen molar-refractivity contribution in [3.05, 3.63) is 29.8 Å². The van der Waals surface area contributed by atoms with E-state index in [0.29, 0.717) is 4.99 Å². The summed E-state index contributed by atoms with van der Waals surface area (Å²) in [6.07, 6.45) is 1.06. The van der Waals surface area contributed by atoms with Gasteiger partial charge in [0.2, 0.25) is 0 Å². The summed E-state index contributed by atoms with van der Waals surface area (Å²) in [7, 11) is 0. The van der Waals surface area contributed by atoms with Crippen LogP contribution in [0.3, 0.4) is 0 Å². The third kappa shape index (κ3) is 4.96. The van der Waals surface area contributed by atoms with Crippen molar-refractivity contribution in [3.8, 4) is 5.75 Å². The van der Waals surface area contributed by atoms with E-state index in [-0.39, 0.29) is 0 Å². The molecule has 2 rings (SSSR count). The van der Waals surface area contributed by atoms with Crippen LogP contribution in [0.5, 0.6) is 5.75 Å². The largest absolute Gasteiger partial charge is 0.494 e. The Morgan fingerprint density at radius 2 is 2.20 bits per heavy atom. The molecule has 1 aliphatic rings. The first-order valence-corrected chi connectivity index (χ1v) is 8.47. The quantitative estimate of drug-likeness (QED) is 0.646. The Bertz CT molecular complexity index is 436. The van der Waals surface area contributed by atoms with Crippen molar-refractivity contribution in [2.45, 2.75) is 18.6 Å². The van der Waals surface area contributed by atoms with Gasteiger partial charge < -0.3 is 15.4 Å². The van der Waals surface area contributed by atoms with Gasteiger partial charge in [-0.3, -0.25) is 0 Å². The van der Waals surface area contributed by atoms with Crippen molar-refractivity contribution in [2.75, 3.05) is 32.0 Å². The molecule has 1 atom stereocenters. The van der Waals surface area contributed by atoms with Gasteiger partial charge in [0.05, 0.1) is 6.61 Å². The number of hydrogen-bond acceptors (Lipinski definition) is 4. The molecule has 0 aromatic heterocycles. The maximum Gasteiger partial charge on any atom is 0.119 e. The molecule has 0 bridgehead atoms. The second-order valence-electron chi connectivity index (χ2n) is 5.07. The lowest BCUT2D eigenvalue weighted by Crippen LogP contribution is -2.37. The fourth-order valence-corrected chi connectivity index (χ4v) is 3.51. The number of hydrogen-bond donors (Lipinski definition) is 1. The molecule has 1 aromatic rings. The zero-order valence-corrected chi connectivity index (χ0v) is 13.5. The molecule has 0 spiro atoms. The summed E-state index contributed by atoms with van der Waals surface area (Å²) in [5, 5.41) is 0.761. The molecule has 1 fully saturated rings. The van der Waals surface area contributed by atoms with Crippen molar-refractivity contribution >= 4 is 29.0 Å². The minimum atomic E-state index is 0.425. The molecule has 3 nitrogen and oxygen atoms in total. The molecule has 1 aromatic carbocycles. The Balaban J connectivity index is 1.66. The standard InChI is InChI=1S/C15H22N2OS2/c1-12-11-17(8-10-20-12)7-2-9-18-14-5-3-13(4-6-14)15(16)19/h3-6,12H,2,7-11H2,1H3,(H2,16,19). The molecule has 1 unspecified atom stereocenters. The molecule has 110 valence electrons. The topological polar surface area (TPSA) is 38.5 Å². The number of nitrogens with two attached hydrogens (primary N) is 1. The summed E-state index contributed by atoms with van der Waals surface area (Å²) in [5.41, 5.74) is 6.44. The maximum absolute atomic E-state index is 5.74. The van der Waals surface area contributed by atoms with Crippen molar-refractivity contribution in [1.29, 1.82) is 0 Å². The van der Waals surface area contributed by atoms with E-state index in [1.807, 2.05) is 24.3 Å². The zero-order valence-electron chi connectivity index (χ0n) is 11.9. The third-order valence-electron chi connectivity index (χ3n) is 3.35. The SMILES string of the molecule is CC1CN(CCCOc2ccc(C(N)=S)cc2)CCS1. The molecule has 1 heterocycles. The van der Waals surface area contributed by atoms with E-state index in [2.05, 4.69) is 23.6 Å². The van der Waals surface area contributed by atoms with Crippen LogP contribution in [0.15, 0.2) is 24.3 Å². The summed E-state index contributed by atoms with van der Waals surface area (Å²) < 4.78 is 5.74. The highest BCUT2D eigenvalue weighted by Gasteiger charge is 2.15. The van der Waals surface area contributed by atoms with Crippen molar-refractivity contribution in [3.63, 3.8) is 0 Å². The van der Waals surface area contributed by atoms with Crippen molar-refractivity contribution in [2.24, 2.45) is 5.73 Å². The number of ether oxygens (including phenoxy) is 1. The minimum absolute atomic E-state index is 0.425. The van der Waals surface area contributed by atoms with E-state index in [1.54, 1.807) is 0 Å². The van der Waals surface area contributed by atoms with Gasteiger partial charge in [0, 0.05) is 36.2 Å². The second kappa shape index (κ2) is 7.86. The van der Waals surface area contributed by atoms with E-state index in [0.717, 1.165) is 36.1 Å². The molecule has 5 heteroatoms. The predicted molar refractivity (Wildman–Crippen MR) is 90.8 cm³/mol. The van der Waals surface area contributed by atoms with E-state index >= 15 is 0 Å². The van der Waals surface area contributed by atoms with Gasteiger partial charge in [0.25, 0.3) is 0 Å². The van der Waals surface area contributed by atoms with Gasteiger partial charge in [-0.2, -0.15) is 11.8 Å². The second-order valence-corrected chi connectivity index (χ2v) is 7.06. The molecule has 0 radical (unpaired) electrons. The number of thioether (sulfide) groups is 1. The Morgan fingerprint density at radius 1 is 1.45 bits per heavy atom. The first-order valence-electron chi connectivity index (χ1n) is 7.02. The van der Waals surface area contributed by atoms with Crippen LogP contribution in [0, 0.1) is 0 Å². The van der Waals surface area contributed by atoms with Crippen LogP contribution in [0.2, 0.25) is 0 Å². The van der Waals surface area contributed by atoms with Crippen molar-refractivity contribution in [1.82, 2.24) is 4.90 Å². The normalized spacial score (nSPS) is 19.8. The minimum Gasteiger partial charge on any atom is -0.494 e. The van der Waals surface area contributed by atoms with Crippen LogP contribution in [-0.2, 0) is 0 Å². The number of nitrogens with zero attached hydrogens (tertiary/aromatic N) is 1. The summed E-state index contributed by atoms with van der Waals surface area (Å²) in [5.74, 6) is 2.13. The molecule has 20 heavy (non-hydrogen) atoms. The van der Waals surface area contributed by atoms with E-state index in [1.165, 1.54) is 18.8 Å². The highest BCUT2D eigenvalue weighted by atomic mass is 32.2. The highest BCUT2D eigenvalue weighted by molar-refractivity contribution is 7.99. The Morgan fingerprint density at radius 3 is 2.85 bits per heavy atom. The lowest BCUT2D eigenvalue weighted by molar-refractivity contribution is 0.241. The van der Waals surface area contributed by atoms with E-state index in [9.17, 15) is 0 Å². The highest BCUT2D eigenvalue weighted by Crippen LogP contribution is 2.18. The van der Waals surface area contributed by atoms with Gasteiger partial charge >= 0.3 is 0 Å². The van der Waals surface area contributed by atoms with E-state index in [4.69, 9.17) is 22.7 Å². The van der Waals surface area contributed by atoms with Gasteiger partial charge in [-0.25, -0.2) is 0 Å². The van der Waals surface area contributed by atoms with Crippen LogP contribution in [0.1, 0.15) is 18.9 Å².